The fraction of sp³-hybridized carbons (Fsp3) is 0.263. The molecule has 2 aromatic rings. The molecular weight excluding hydrogens is 308 g/mol. The lowest BCUT2D eigenvalue weighted by Crippen LogP contribution is -2.11. The van der Waals surface area contributed by atoms with Crippen LogP contribution in [0.2, 0.25) is 0 Å². The summed E-state index contributed by atoms with van der Waals surface area (Å²) in [5.74, 6) is 0.125. The van der Waals surface area contributed by atoms with Crippen LogP contribution in [0.4, 0.5) is 0 Å². The number of ether oxygens (including phenoxy) is 3. The fourth-order valence-corrected chi connectivity index (χ4v) is 2.14. The lowest BCUT2D eigenvalue weighted by Gasteiger charge is -2.12. The molecule has 126 valence electrons. The second-order valence-electron chi connectivity index (χ2n) is 5.04. The molecule has 0 N–H and O–H groups in total. The van der Waals surface area contributed by atoms with Crippen LogP contribution in [0.15, 0.2) is 48.5 Å². The van der Waals surface area contributed by atoms with Crippen molar-refractivity contribution in [3.05, 3.63) is 59.7 Å². The molecule has 0 amide bonds. The predicted molar refractivity (Wildman–Crippen MR) is 89.3 cm³/mol. The molecule has 24 heavy (non-hydrogen) atoms. The third-order valence-electron chi connectivity index (χ3n) is 3.33. The zero-order valence-corrected chi connectivity index (χ0v) is 13.8. The van der Waals surface area contributed by atoms with Crippen molar-refractivity contribution in [2.45, 2.75) is 20.0 Å². The van der Waals surface area contributed by atoms with Crippen molar-refractivity contribution in [1.29, 1.82) is 0 Å². The summed E-state index contributed by atoms with van der Waals surface area (Å²) < 4.78 is 15.8. The molecule has 0 saturated heterocycles. The highest BCUT2D eigenvalue weighted by Gasteiger charge is 2.15. The van der Waals surface area contributed by atoms with Gasteiger partial charge < -0.3 is 14.2 Å². The van der Waals surface area contributed by atoms with E-state index < -0.39 is 5.97 Å². The molecule has 0 spiro atoms. The molecule has 0 aromatic heterocycles. The van der Waals surface area contributed by atoms with E-state index in [0.29, 0.717) is 23.7 Å². The summed E-state index contributed by atoms with van der Waals surface area (Å²) in [7, 11) is 1.53. The Labute approximate surface area is 141 Å². The summed E-state index contributed by atoms with van der Waals surface area (Å²) in [5, 5.41) is 0. The summed E-state index contributed by atoms with van der Waals surface area (Å²) in [6, 6.07) is 14.5. The number of rotatable bonds is 8. The van der Waals surface area contributed by atoms with Gasteiger partial charge in [0, 0.05) is 5.56 Å². The maximum absolute atomic E-state index is 12.2. The third kappa shape index (κ3) is 4.84. The second kappa shape index (κ2) is 8.72. The molecule has 0 radical (unpaired) electrons. The van der Waals surface area contributed by atoms with Gasteiger partial charge in [-0.2, -0.15) is 0 Å². The first-order valence-corrected chi connectivity index (χ1v) is 7.67. The van der Waals surface area contributed by atoms with Gasteiger partial charge in [0.25, 0.3) is 0 Å². The number of Topliss-reactive ketones (excluding diaryl/α,β-unsaturated/α-hetero) is 1. The first-order chi connectivity index (χ1) is 11.6. The average molecular weight is 328 g/mol. The maximum Gasteiger partial charge on any atom is 0.313 e. The molecule has 0 saturated carbocycles. The van der Waals surface area contributed by atoms with E-state index in [0.717, 1.165) is 5.56 Å². The summed E-state index contributed by atoms with van der Waals surface area (Å²) in [5.41, 5.74) is 1.38. The van der Waals surface area contributed by atoms with Gasteiger partial charge in [0.15, 0.2) is 17.3 Å². The van der Waals surface area contributed by atoms with Crippen molar-refractivity contribution >= 4 is 11.8 Å². The summed E-state index contributed by atoms with van der Waals surface area (Å²) >= 11 is 0. The summed E-state index contributed by atoms with van der Waals surface area (Å²) in [4.78, 5) is 23.6. The van der Waals surface area contributed by atoms with Gasteiger partial charge in [0.2, 0.25) is 0 Å². The van der Waals surface area contributed by atoms with Crippen molar-refractivity contribution in [3.8, 4) is 11.5 Å². The van der Waals surface area contributed by atoms with E-state index in [4.69, 9.17) is 14.2 Å². The predicted octanol–water partition coefficient (Wildman–Crippen LogP) is 3.41. The van der Waals surface area contributed by atoms with E-state index in [1.54, 1.807) is 25.1 Å². The van der Waals surface area contributed by atoms with Crippen LogP contribution in [-0.4, -0.2) is 25.5 Å². The van der Waals surface area contributed by atoms with E-state index in [2.05, 4.69) is 0 Å². The molecule has 0 aliphatic heterocycles. The van der Waals surface area contributed by atoms with Crippen LogP contribution in [0, 0.1) is 0 Å². The smallest absolute Gasteiger partial charge is 0.313 e. The lowest BCUT2D eigenvalue weighted by molar-refractivity contribution is -0.141. The van der Waals surface area contributed by atoms with Crippen molar-refractivity contribution in [2.75, 3.05) is 13.7 Å². The minimum absolute atomic E-state index is 0.250. The Bertz CT molecular complexity index is 694. The van der Waals surface area contributed by atoms with E-state index in [-0.39, 0.29) is 18.8 Å². The van der Waals surface area contributed by atoms with E-state index in [9.17, 15) is 9.59 Å². The lowest BCUT2D eigenvalue weighted by atomic mass is 10.1. The topological polar surface area (TPSA) is 61.8 Å². The van der Waals surface area contributed by atoms with Crippen molar-refractivity contribution < 1.29 is 23.8 Å². The molecule has 0 unspecified atom stereocenters. The summed E-state index contributed by atoms with van der Waals surface area (Å²) in [6.07, 6.45) is -0.293. The molecule has 0 aliphatic carbocycles. The van der Waals surface area contributed by atoms with Gasteiger partial charge in [-0.3, -0.25) is 9.59 Å². The van der Waals surface area contributed by atoms with Crippen LogP contribution in [0.5, 0.6) is 11.5 Å². The molecule has 0 aliphatic rings. The first kappa shape index (κ1) is 17.5. The number of ketones is 1. The van der Waals surface area contributed by atoms with Gasteiger partial charge in [0.1, 0.15) is 13.0 Å². The highest BCUT2D eigenvalue weighted by atomic mass is 16.5. The first-order valence-electron chi connectivity index (χ1n) is 7.67. The minimum atomic E-state index is -0.537. The Morgan fingerprint density at radius 3 is 2.42 bits per heavy atom. The Kier molecular flexibility index (Phi) is 6.37. The molecule has 5 heteroatoms. The number of hydrogen-bond acceptors (Lipinski definition) is 5. The van der Waals surface area contributed by atoms with Crippen molar-refractivity contribution in [2.24, 2.45) is 0 Å². The second-order valence-corrected chi connectivity index (χ2v) is 5.04. The largest absolute Gasteiger partial charge is 0.493 e. The molecule has 0 atom stereocenters. The molecular formula is C19H20O5. The highest BCUT2D eigenvalue weighted by Crippen LogP contribution is 2.29. The van der Waals surface area contributed by atoms with E-state index in [1.807, 2.05) is 30.3 Å². The van der Waals surface area contributed by atoms with Gasteiger partial charge in [-0.05, 0) is 30.7 Å². The molecule has 0 bridgehead atoms. The molecule has 0 heterocycles. The van der Waals surface area contributed by atoms with Crippen molar-refractivity contribution in [1.82, 2.24) is 0 Å². The fourth-order valence-electron chi connectivity index (χ4n) is 2.14. The number of esters is 1. The monoisotopic (exact) mass is 328 g/mol. The van der Waals surface area contributed by atoms with Crippen LogP contribution in [0.1, 0.15) is 29.3 Å². The van der Waals surface area contributed by atoms with Crippen LogP contribution < -0.4 is 9.47 Å². The zero-order valence-electron chi connectivity index (χ0n) is 13.8. The highest BCUT2D eigenvalue weighted by molar-refractivity contribution is 6.06. The van der Waals surface area contributed by atoms with E-state index in [1.165, 1.54) is 7.11 Å². The number of hydrogen-bond donors (Lipinski definition) is 0. The van der Waals surface area contributed by atoms with Gasteiger partial charge in [-0.25, -0.2) is 0 Å². The van der Waals surface area contributed by atoms with E-state index >= 15 is 0 Å². The normalized spacial score (nSPS) is 10.1. The Morgan fingerprint density at radius 1 is 1.00 bits per heavy atom. The van der Waals surface area contributed by atoms with Gasteiger partial charge in [0.05, 0.1) is 13.7 Å². The van der Waals surface area contributed by atoms with Gasteiger partial charge >= 0.3 is 5.97 Å². The Balaban J connectivity index is 2.11. The molecule has 0 fully saturated rings. The van der Waals surface area contributed by atoms with Crippen molar-refractivity contribution in [3.63, 3.8) is 0 Å². The quantitative estimate of drug-likeness (QED) is 0.422. The maximum atomic E-state index is 12.2. The molecule has 2 aromatic carbocycles. The van der Waals surface area contributed by atoms with Gasteiger partial charge in [-0.1, -0.05) is 30.3 Å². The number of methoxy groups -OCH3 is 1. The number of benzene rings is 2. The third-order valence-corrected chi connectivity index (χ3v) is 3.33. The molecule has 2 rings (SSSR count). The number of carbonyl (C=O) groups excluding carboxylic acids is 2. The van der Waals surface area contributed by atoms with Crippen LogP contribution in [0.3, 0.4) is 0 Å². The van der Waals surface area contributed by atoms with Gasteiger partial charge in [-0.15, -0.1) is 0 Å². The standard InChI is InChI=1S/C19H20O5/c1-3-23-19(21)12-16(20)15-9-10-17(22-2)18(11-15)24-13-14-7-5-4-6-8-14/h4-11H,3,12-13H2,1-2H3. The Hall–Kier alpha value is -2.82. The average Bonchev–Trinajstić information content (AvgIpc) is 2.60. The minimum Gasteiger partial charge on any atom is -0.493 e. The SMILES string of the molecule is CCOC(=O)CC(=O)c1ccc(OC)c(OCc2ccccc2)c1. The zero-order chi connectivity index (χ0) is 17.4. The van der Waals surface area contributed by atoms with Crippen LogP contribution in [-0.2, 0) is 16.1 Å². The summed E-state index contributed by atoms with van der Waals surface area (Å²) in [6.45, 7) is 2.30. The number of carbonyl (C=O) groups is 2. The Morgan fingerprint density at radius 2 is 1.75 bits per heavy atom. The molecule has 5 nitrogen and oxygen atoms in total. The van der Waals surface area contributed by atoms with Crippen LogP contribution >= 0.6 is 0 Å². The van der Waals surface area contributed by atoms with Crippen LogP contribution in [0.25, 0.3) is 0 Å².